The number of aromatic nitrogens is 1. The van der Waals surface area contributed by atoms with Gasteiger partial charge in [0.2, 0.25) is 0 Å². The average Bonchev–Trinajstić information content (AvgIpc) is 2.02. The van der Waals surface area contributed by atoms with Crippen LogP contribution in [0.15, 0.2) is 12.3 Å². The first-order valence-electron chi connectivity index (χ1n) is 3.04. The third-order valence-electron chi connectivity index (χ3n) is 1.26. The van der Waals surface area contributed by atoms with Gasteiger partial charge in [-0.25, -0.2) is 4.98 Å². The molecule has 0 unspecified atom stereocenters. The van der Waals surface area contributed by atoms with Crippen LogP contribution in [0.5, 0.6) is 0 Å². The zero-order valence-corrected chi connectivity index (χ0v) is 8.91. The van der Waals surface area contributed by atoms with Crippen molar-refractivity contribution in [3.8, 4) is 0 Å². The molecule has 0 spiro atoms. The number of hydrogen-bond donors (Lipinski definition) is 1. The molecule has 72 valence electrons. The monoisotopic (exact) mass is 322 g/mol. The Morgan fingerprint density at radius 1 is 1.46 bits per heavy atom. The van der Waals surface area contributed by atoms with E-state index in [-0.39, 0.29) is 10.8 Å². The maximum absolute atomic E-state index is 12.1. The smallest absolute Gasteiger partial charge is 0.312 e. The summed E-state index contributed by atoms with van der Waals surface area (Å²) in [4.78, 5) is 3.49. The van der Waals surface area contributed by atoms with E-state index in [9.17, 15) is 13.2 Å². The highest BCUT2D eigenvalue weighted by Gasteiger charge is 2.31. The summed E-state index contributed by atoms with van der Waals surface area (Å²) in [6.07, 6.45) is -3.67. The lowest BCUT2D eigenvalue weighted by Gasteiger charge is -2.07. The molecule has 0 saturated carbocycles. The van der Waals surface area contributed by atoms with Crippen LogP contribution in [-0.2, 0) is 6.18 Å². The first-order valence-corrected chi connectivity index (χ1v) is 4.50. The van der Waals surface area contributed by atoms with Crippen molar-refractivity contribution < 1.29 is 13.2 Å². The molecule has 0 atom stereocenters. The summed E-state index contributed by atoms with van der Waals surface area (Å²) in [5.41, 5.74) is -0.854. The van der Waals surface area contributed by atoms with Crippen molar-refractivity contribution in [1.29, 1.82) is 0 Å². The third kappa shape index (κ3) is 2.60. The second kappa shape index (κ2) is 3.87. The van der Waals surface area contributed by atoms with Crippen molar-refractivity contribution >= 4 is 40.3 Å². The van der Waals surface area contributed by atoms with Gasteiger partial charge in [0, 0.05) is 6.20 Å². The predicted molar refractivity (Wildman–Crippen MR) is 51.9 cm³/mol. The number of nitrogens with zero attached hydrogens (tertiary/aromatic N) is 1. The average molecular weight is 322 g/mol. The first kappa shape index (κ1) is 10.8. The molecule has 1 rings (SSSR count). The molecule has 0 fully saturated rings. The van der Waals surface area contributed by atoms with Crippen LogP contribution in [0.1, 0.15) is 5.56 Å². The lowest BCUT2D eigenvalue weighted by Crippen LogP contribution is -2.05. The summed E-state index contributed by atoms with van der Waals surface area (Å²) in [7, 11) is 0. The van der Waals surface area contributed by atoms with Gasteiger partial charge < -0.3 is 3.53 Å². The lowest BCUT2D eigenvalue weighted by molar-refractivity contribution is -0.137. The van der Waals surface area contributed by atoms with E-state index < -0.39 is 11.7 Å². The van der Waals surface area contributed by atoms with Crippen LogP contribution in [0, 0.1) is 0 Å². The van der Waals surface area contributed by atoms with Crippen molar-refractivity contribution in [2.45, 2.75) is 6.18 Å². The fraction of sp³-hybridized carbons (Fsp3) is 0.167. The minimum Gasteiger partial charge on any atom is -0.312 e. The van der Waals surface area contributed by atoms with E-state index in [1.165, 1.54) is 0 Å². The number of anilines is 1. The number of hydrogen-bond acceptors (Lipinski definition) is 2. The van der Waals surface area contributed by atoms with E-state index in [4.69, 9.17) is 11.6 Å². The fourth-order valence-electron chi connectivity index (χ4n) is 0.662. The molecule has 0 bridgehead atoms. The second-order valence-corrected chi connectivity index (χ2v) is 3.09. The molecule has 1 aromatic rings. The minimum absolute atomic E-state index is 0.0516. The van der Waals surface area contributed by atoms with Crippen molar-refractivity contribution in [3.63, 3.8) is 0 Å². The van der Waals surface area contributed by atoms with Crippen LogP contribution in [0.4, 0.5) is 19.0 Å². The number of halogens is 5. The zero-order chi connectivity index (χ0) is 10.1. The quantitative estimate of drug-likeness (QED) is 0.632. The summed E-state index contributed by atoms with van der Waals surface area (Å²) in [5.74, 6) is 0.218. The topological polar surface area (TPSA) is 24.9 Å². The number of pyridine rings is 1. The summed E-state index contributed by atoms with van der Waals surface area (Å²) < 4.78 is 38.8. The fourth-order valence-corrected chi connectivity index (χ4v) is 1.47. The van der Waals surface area contributed by atoms with Crippen LogP contribution >= 0.6 is 34.5 Å². The third-order valence-corrected chi connectivity index (χ3v) is 2.06. The Kier molecular flexibility index (Phi) is 3.23. The van der Waals surface area contributed by atoms with Gasteiger partial charge in [-0.3, -0.25) is 0 Å². The molecule has 0 aliphatic carbocycles. The second-order valence-electron chi connectivity index (χ2n) is 2.15. The van der Waals surface area contributed by atoms with E-state index in [0.29, 0.717) is 0 Å². The van der Waals surface area contributed by atoms with Gasteiger partial charge in [-0.05, 0) is 6.07 Å². The van der Waals surface area contributed by atoms with Gasteiger partial charge in [0.1, 0.15) is 0 Å². The van der Waals surface area contributed by atoms with Crippen LogP contribution in [0.25, 0.3) is 0 Å². The van der Waals surface area contributed by atoms with Crippen LogP contribution in [-0.4, -0.2) is 4.98 Å². The van der Waals surface area contributed by atoms with Crippen molar-refractivity contribution in [2.75, 3.05) is 3.53 Å². The van der Waals surface area contributed by atoms with Gasteiger partial charge >= 0.3 is 6.18 Å². The molecule has 2 nitrogen and oxygen atoms in total. The van der Waals surface area contributed by atoms with E-state index in [2.05, 4.69) is 8.51 Å². The van der Waals surface area contributed by atoms with E-state index in [1.54, 1.807) is 22.9 Å². The SMILES string of the molecule is FC(F)(F)c1cnc(NI)c(Cl)c1. The van der Waals surface area contributed by atoms with Gasteiger partial charge in [0.05, 0.1) is 33.5 Å². The van der Waals surface area contributed by atoms with Crippen molar-refractivity contribution in [2.24, 2.45) is 0 Å². The van der Waals surface area contributed by atoms with Crippen molar-refractivity contribution in [1.82, 2.24) is 4.98 Å². The first-order chi connectivity index (χ1) is 5.95. The van der Waals surface area contributed by atoms with E-state index >= 15 is 0 Å². The molecule has 7 heteroatoms. The largest absolute Gasteiger partial charge is 0.417 e. The van der Waals surface area contributed by atoms with Gasteiger partial charge in [-0.2, -0.15) is 13.2 Å². The molecule has 0 aromatic carbocycles. The molecular weight excluding hydrogens is 319 g/mol. The molecule has 1 heterocycles. The molecule has 1 aromatic heterocycles. The number of alkyl halides is 3. The van der Waals surface area contributed by atoms with Gasteiger partial charge in [0.25, 0.3) is 0 Å². The van der Waals surface area contributed by atoms with Gasteiger partial charge in [-0.1, -0.05) is 11.6 Å². The zero-order valence-electron chi connectivity index (χ0n) is 5.99. The Hall–Kier alpha value is -0.240. The molecule has 0 amide bonds. The normalized spacial score (nSPS) is 11.5. The van der Waals surface area contributed by atoms with E-state index in [1.807, 2.05) is 0 Å². The molecule has 0 aliphatic heterocycles. The van der Waals surface area contributed by atoms with E-state index in [0.717, 1.165) is 12.3 Å². The Morgan fingerprint density at radius 2 is 2.08 bits per heavy atom. The Labute approximate surface area is 91.0 Å². The predicted octanol–water partition coefficient (Wildman–Crippen LogP) is 3.52. The maximum atomic E-state index is 12.1. The molecule has 0 radical (unpaired) electrons. The molecule has 0 aliphatic rings. The summed E-state index contributed by atoms with van der Waals surface area (Å²) in [5, 5.41) is -0.0516. The lowest BCUT2D eigenvalue weighted by atomic mass is 10.3. The molecule has 1 N–H and O–H groups in total. The summed E-state index contributed by atoms with van der Waals surface area (Å²) in [6, 6.07) is 0.829. The maximum Gasteiger partial charge on any atom is 0.417 e. The minimum atomic E-state index is -4.40. The summed E-state index contributed by atoms with van der Waals surface area (Å²) in [6.45, 7) is 0. The highest BCUT2D eigenvalue weighted by Crippen LogP contribution is 2.32. The number of nitrogens with one attached hydrogen (secondary N) is 1. The van der Waals surface area contributed by atoms with Crippen molar-refractivity contribution in [3.05, 3.63) is 22.8 Å². The highest BCUT2D eigenvalue weighted by atomic mass is 127. The Bertz CT molecular complexity index is 315. The van der Waals surface area contributed by atoms with Gasteiger partial charge in [-0.15, -0.1) is 0 Å². The van der Waals surface area contributed by atoms with Crippen LogP contribution in [0.2, 0.25) is 5.02 Å². The Balaban J connectivity index is 3.10. The number of rotatable bonds is 1. The highest BCUT2D eigenvalue weighted by molar-refractivity contribution is 14.1. The molecular formula is C6H3ClF3IN2. The van der Waals surface area contributed by atoms with Gasteiger partial charge in [0.15, 0.2) is 5.82 Å². The van der Waals surface area contributed by atoms with Crippen LogP contribution < -0.4 is 3.53 Å². The molecule has 0 saturated heterocycles. The summed E-state index contributed by atoms with van der Waals surface area (Å²) >= 11 is 7.24. The van der Waals surface area contributed by atoms with Crippen LogP contribution in [0.3, 0.4) is 0 Å². The standard InChI is InChI=1S/C6H3ClF3IN2/c7-4-1-3(6(8,9)10)2-12-5(4)13-11/h1-2H,(H,12,13). The Morgan fingerprint density at radius 3 is 2.46 bits per heavy atom. The molecule has 13 heavy (non-hydrogen) atoms.